The molecule has 0 spiro atoms. The quantitative estimate of drug-likeness (QED) is 0.639. The van der Waals surface area contributed by atoms with E-state index in [1.54, 1.807) is 6.07 Å². The van der Waals surface area contributed by atoms with E-state index in [9.17, 15) is 17.6 Å². The fourth-order valence-corrected chi connectivity index (χ4v) is 1.71. The molecule has 0 aliphatic rings. The van der Waals surface area contributed by atoms with Gasteiger partial charge in [-0.3, -0.25) is 0 Å². The second-order valence-corrected chi connectivity index (χ2v) is 4.43. The Balaban J connectivity index is 2.18. The molecule has 18 heavy (non-hydrogen) atoms. The lowest BCUT2D eigenvalue weighted by atomic mass is 10.2. The fourth-order valence-electron chi connectivity index (χ4n) is 1.22. The van der Waals surface area contributed by atoms with Crippen LogP contribution in [0, 0.1) is 5.82 Å². The molecule has 0 bridgehead atoms. The lowest BCUT2D eigenvalue weighted by Crippen LogP contribution is -2.23. The molecule has 0 unspecified atom stereocenters. The van der Waals surface area contributed by atoms with E-state index in [2.05, 4.69) is 26.0 Å². The smallest absolute Gasteiger partial charge is 0.371 e. The topological polar surface area (TPSA) is 21.3 Å². The Morgan fingerprint density at radius 2 is 2.00 bits per heavy atom. The summed E-state index contributed by atoms with van der Waals surface area (Å²) in [6, 6.07) is 4.25. The zero-order valence-electron chi connectivity index (χ0n) is 9.36. The summed E-state index contributed by atoms with van der Waals surface area (Å²) in [7, 11) is 0. The van der Waals surface area contributed by atoms with Crippen LogP contribution in [0.3, 0.4) is 0 Å². The first-order chi connectivity index (χ1) is 8.38. The van der Waals surface area contributed by atoms with Gasteiger partial charge in [0, 0.05) is 17.6 Å². The number of hydrogen-bond acceptors (Lipinski definition) is 2. The Morgan fingerprint density at radius 3 is 2.61 bits per heavy atom. The summed E-state index contributed by atoms with van der Waals surface area (Å²) in [5.41, 5.74) is 0.826. The minimum Gasteiger partial charge on any atom is -0.371 e. The molecule has 1 aromatic carbocycles. The summed E-state index contributed by atoms with van der Waals surface area (Å²) in [4.78, 5) is 0. The molecule has 0 heterocycles. The highest BCUT2D eigenvalue weighted by atomic mass is 79.9. The molecule has 0 aliphatic heterocycles. The zero-order valence-corrected chi connectivity index (χ0v) is 10.9. The summed E-state index contributed by atoms with van der Waals surface area (Å²) in [5.74, 6) is -0.348. The van der Waals surface area contributed by atoms with Crippen molar-refractivity contribution in [2.75, 3.05) is 19.8 Å². The van der Waals surface area contributed by atoms with E-state index < -0.39 is 12.8 Å². The SMILES string of the molecule is Fc1ccc(CNCCOCC(F)(F)F)c(Br)c1. The van der Waals surface area contributed by atoms with Gasteiger partial charge in [-0.05, 0) is 17.7 Å². The third-order valence-corrected chi connectivity index (χ3v) is 2.76. The van der Waals surface area contributed by atoms with Crippen molar-refractivity contribution < 1.29 is 22.3 Å². The van der Waals surface area contributed by atoms with Crippen molar-refractivity contribution in [2.24, 2.45) is 0 Å². The average molecular weight is 330 g/mol. The Bertz CT molecular complexity index is 384. The highest BCUT2D eigenvalue weighted by Gasteiger charge is 2.27. The Morgan fingerprint density at radius 1 is 1.28 bits per heavy atom. The molecule has 0 saturated carbocycles. The fraction of sp³-hybridized carbons (Fsp3) is 0.455. The van der Waals surface area contributed by atoms with Crippen LogP contribution in [0.25, 0.3) is 0 Å². The van der Waals surface area contributed by atoms with Gasteiger partial charge in [-0.1, -0.05) is 22.0 Å². The van der Waals surface area contributed by atoms with E-state index in [1.165, 1.54) is 12.1 Å². The lowest BCUT2D eigenvalue weighted by molar-refractivity contribution is -0.173. The van der Waals surface area contributed by atoms with Crippen molar-refractivity contribution in [3.05, 3.63) is 34.1 Å². The Labute approximate surface area is 110 Å². The van der Waals surface area contributed by atoms with Crippen molar-refractivity contribution >= 4 is 15.9 Å². The van der Waals surface area contributed by atoms with Crippen LogP contribution in [0.1, 0.15) is 5.56 Å². The molecule has 0 radical (unpaired) electrons. The predicted octanol–water partition coefficient (Wildman–Crippen LogP) is 3.26. The molecule has 7 heteroatoms. The molecule has 1 aromatic rings. The maximum absolute atomic E-state index is 12.8. The first-order valence-electron chi connectivity index (χ1n) is 5.17. The maximum Gasteiger partial charge on any atom is 0.411 e. The molecular formula is C11H12BrF4NO. The van der Waals surface area contributed by atoms with E-state index >= 15 is 0 Å². The molecule has 1 rings (SSSR count). The van der Waals surface area contributed by atoms with Gasteiger partial charge in [-0.2, -0.15) is 13.2 Å². The van der Waals surface area contributed by atoms with Crippen molar-refractivity contribution in [3.63, 3.8) is 0 Å². The van der Waals surface area contributed by atoms with Gasteiger partial charge in [-0.15, -0.1) is 0 Å². The van der Waals surface area contributed by atoms with Crippen molar-refractivity contribution in [2.45, 2.75) is 12.7 Å². The predicted molar refractivity (Wildman–Crippen MR) is 62.7 cm³/mol. The van der Waals surface area contributed by atoms with Crippen LogP contribution in [0.5, 0.6) is 0 Å². The van der Waals surface area contributed by atoms with Crippen molar-refractivity contribution in [3.8, 4) is 0 Å². The minimum absolute atomic E-state index is 0.0294. The standard InChI is InChI=1S/C11H12BrF4NO/c12-10-5-9(13)2-1-8(10)6-17-3-4-18-7-11(14,15)16/h1-2,5,17H,3-4,6-7H2. The number of benzene rings is 1. The van der Waals surface area contributed by atoms with Crippen LogP contribution in [0.15, 0.2) is 22.7 Å². The molecule has 0 saturated heterocycles. The third kappa shape index (κ3) is 6.32. The number of halogens is 5. The third-order valence-electron chi connectivity index (χ3n) is 2.02. The van der Waals surface area contributed by atoms with E-state index in [-0.39, 0.29) is 12.4 Å². The second-order valence-electron chi connectivity index (χ2n) is 3.58. The highest BCUT2D eigenvalue weighted by Crippen LogP contribution is 2.17. The lowest BCUT2D eigenvalue weighted by Gasteiger charge is -2.09. The van der Waals surface area contributed by atoms with Gasteiger partial charge in [0.25, 0.3) is 0 Å². The molecule has 0 fully saturated rings. The molecule has 0 amide bonds. The summed E-state index contributed by atoms with van der Waals surface area (Å²) in [6.45, 7) is -0.552. The highest BCUT2D eigenvalue weighted by molar-refractivity contribution is 9.10. The minimum atomic E-state index is -4.29. The number of ether oxygens (including phenoxy) is 1. The number of alkyl halides is 3. The van der Waals surface area contributed by atoms with Gasteiger partial charge in [0.15, 0.2) is 0 Å². The van der Waals surface area contributed by atoms with Crippen LogP contribution >= 0.6 is 15.9 Å². The number of rotatable bonds is 6. The normalized spacial score (nSPS) is 11.8. The first-order valence-corrected chi connectivity index (χ1v) is 5.97. The molecule has 0 atom stereocenters. The molecule has 0 aliphatic carbocycles. The van der Waals surface area contributed by atoms with E-state index in [1.807, 2.05) is 0 Å². The zero-order chi connectivity index (χ0) is 13.6. The molecule has 1 N–H and O–H groups in total. The summed E-state index contributed by atoms with van der Waals surface area (Å²) in [6.07, 6.45) is -4.29. The molecule has 2 nitrogen and oxygen atoms in total. The average Bonchev–Trinajstić information content (AvgIpc) is 2.24. The van der Waals surface area contributed by atoms with Crippen LogP contribution < -0.4 is 5.32 Å². The summed E-state index contributed by atoms with van der Waals surface area (Å²) >= 11 is 3.20. The van der Waals surface area contributed by atoms with Crippen LogP contribution in [0.4, 0.5) is 17.6 Å². The van der Waals surface area contributed by atoms with Crippen molar-refractivity contribution in [1.82, 2.24) is 5.32 Å². The van der Waals surface area contributed by atoms with Gasteiger partial charge in [0.1, 0.15) is 12.4 Å². The Hall–Kier alpha value is -0.660. The molecule has 102 valence electrons. The van der Waals surface area contributed by atoms with E-state index in [4.69, 9.17) is 0 Å². The van der Waals surface area contributed by atoms with Gasteiger partial charge >= 0.3 is 6.18 Å². The van der Waals surface area contributed by atoms with Gasteiger partial charge in [0.05, 0.1) is 6.61 Å². The van der Waals surface area contributed by atoms with Gasteiger partial charge in [-0.25, -0.2) is 4.39 Å². The van der Waals surface area contributed by atoms with Gasteiger partial charge < -0.3 is 10.1 Å². The second kappa shape index (κ2) is 7.06. The van der Waals surface area contributed by atoms with Gasteiger partial charge in [0.2, 0.25) is 0 Å². The maximum atomic E-state index is 12.8. The number of hydrogen-bond donors (Lipinski definition) is 1. The first kappa shape index (κ1) is 15.4. The number of nitrogens with one attached hydrogen (secondary N) is 1. The van der Waals surface area contributed by atoms with Crippen LogP contribution in [0.2, 0.25) is 0 Å². The van der Waals surface area contributed by atoms with E-state index in [0.717, 1.165) is 5.56 Å². The largest absolute Gasteiger partial charge is 0.411 e. The monoisotopic (exact) mass is 329 g/mol. The summed E-state index contributed by atoms with van der Waals surface area (Å²) < 4.78 is 53.0. The molecule has 0 aromatic heterocycles. The van der Waals surface area contributed by atoms with E-state index in [0.29, 0.717) is 17.6 Å². The van der Waals surface area contributed by atoms with Crippen molar-refractivity contribution in [1.29, 1.82) is 0 Å². The Kier molecular flexibility index (Phi) is 6.04. The van der Waals surface area contributed by atoms with Crippen LogP contribution in [-0.2, 0) is 11.3 Å². The molecular weight excluding hydrogens is 318 g/mol. The summed E-state index contributed by atoms with van der Waals surface area (Å²) in [5, 5.41) is 2.90. The van der Waals surface area contributed by atoms with Crippen LogP contribution in [-0.4, -0.2) is 25.9 Å².